The van der Waals surface area contributed by atoms with Gasteiger partial charge in [0, 0.05) is 28.4 Å². The maximum absolute atomic E-state index is 4.25. The summed E-state index contributed by atoms with van der Waals surface area (Å²) in [5.41, 5.74) is 0. The fraction of sp³-hybridized carbons (Fsp3) is 0.667. The lowest BCUT2D eigenvalue weighted by atomic mass is 11.3. The van der Waals surface area contributed by atoms with Crippen LogP contribution >= 0.6 is 0 Å². The summed E-state index contributed by atoms with van der Waals surface area (Å²) in [4.78, 5) is 0. The highest BCUT2D eigenvalue weighted by Crippen LogP contribution is 1.28. The Balaban J connectivity index is -0.0000000483. The summed E-state index contributed by atoms with van der Waals surface area (Å²) in [5, 5.41) is 0. The average molecular weight is 120 g/mol. The van der Waals surface area contributed by atoms with Crippen molar-refractivity contribution in [1.82, 2.24) is 0 Å². The molecule has 0 N–H and O–H groups in total. The van der Waals surface area contributed by atoms with Crippen LogP contribution in [-0.4, -0.2) is 28.4 Å². The second-order valence-corrected chi connectivity index (χ2v) is 0.816. The second-order valence-electron chi connectivity index (χ2n) is 0.816. The van der Waals surface area contributed by atoms with Gasteiger partial charge in [0.05, 0.1) is 0 Å². The van der Waals surface area contributed by atoms with Gasteiger partial charge in [-0.15, -0.1) is 13.2 Å². The molecule has 0 aliphatic rings. The molecule has 0 aromatic heterocycles. The van der Waals surface area contributed by atoms with Gasteiger partial charge >= 0.3 is 0 Å². The summed E-state index contributed by atoms with van der Waals surface area (Å²) in [7, 11) is 6.50. The molecule has 0 spiro atoms. The Labute approximate surface area is 52.1 Å². The Bertz CT molecular complexity index is 14.0. The van der Waals surface area contributed by atoms with Crippen LogP contribution in [0.1, 0.15) is 0 Å². The highest BCUT2D eigenvalue weighted by molar-refractivity contribution is 4.22. The van der Waals surface area contributed by atoms with Crippen molar-refractivity contribution in [2.24, 2.45) is 0 Å². The van der Waals surface area contributed by atoms with Gasteiger partial charge in [-0.3, -0.25) is 0 Å². The van der Waals surface area contributed by atoms with Crippen LogP contribution in [-0.2, 0) is 9.47 Å². The van der Waals surface area contributed by atoms with E-state index < -0.39 is 0 Å². The van der Waals surface area contributed by atoms with Crippen molar-refractivity contribution in [3.8, 4) is 0 Å². The smallest absolute Gasteiger partial charge is 0.0351 e. The summed E-state index contributed by atoms with van der Waals surface area (Å²) in [6.45, 7) is 6.00. The number of methoxy groups -OCH3 is 2. The Morgan fingerprint density at radius 3 is 0.750 bits per heavy atom. The van der Waals surface area contributed by atoms with Crippen LogP contribution in [0.3, 0.4) is 0 Å². The normalized spacial score (nSPS) is 5.00. The minimum Gasteiger partial charge on any atom is -0.388 e. The zero-order chi connectivity index (χ0) is 7.41. The molecular formula is C6H16O2. The van der Waals surface area contributed by atoms with E-state index in [-0.39, 0.29) is 0 Å². The topological polar surface area (TPSA) is 18.5 Å². The van der Waals surface area contributed by atoms with E-state index in [0.717, 1.165) is 0 Å². The van der Waals surface area contributed by atoms with Crippen LogP contribution < -0.4 is 0 Å². The van der Waals surface area contributed by atoms with Gasteiger partial charge in [-0.25, -0.2) is 0 Å². The maximum Gasteiger partial charge on any atom is 0.0351 e. The molecular weight excluding hydrogens is 104 g/mol. The first-order valence-electron chi connectivity index (χ1n) is 2.13. The number of hydrogen-bond acceptors (Lipinski definition) is 2. The SMILES string of the molecule is C=C.COC.COC. The Kier molecular flexibility index (Phi) is 151. The number of ether oxygens (including phenoxy) is 2. The van der Waals surface area contributed by atoms with E-state index in [0.29, 0.717) is 0 Å². The molecule has 0 bridgehead atoms. The van der Waals surface area contributed by atoms with Crippen LogP contribution in [0.4, 0.5) is 0 Å². The van der Waals surface area contributed by atoms with E-state index >= 15 is 0 Å². The Morgan fingerprint density at radius 1 is 0.750 bits per heavy atom. The molecule has 0 aliphatic heterocycles. The van der Waals surface area contributed by atoms with Crippen molar-refractivity contribution in [3.63, 3.8) is 0 Å². The molecule has 52 valence electrons. The molecule has 0 aromatic rings. The number of hydrogen-bond donors (Lipinski definition) is 0. The maximum atomic E-state index is 4.25. The fourth-order valence-corrected chi connectivity index (χ4v) is 0. The molecule has 0 radical (unpaired) electrons. The lowest BCUT2D eigenvalue weighted by molar-refractivity contribution is 0.277. The standard InChI is InChI=1S/2C2H6O.C2H4/c2*1-3-2;1-2/h2*1-2H3;1-2H2. The third-order valence-corrected chi connectivity index (χ3v) is 0. The Morgan fingerprint density at radius 2 is 0.750 bits per heavy atom. The van der Waals surface area contributed by atoms with Gasteiger partial charge in [-0.2, -0.15) is 0 Å². The van der Waals surface area contributed by atoms with Crippen molar-refractivity contribution in [2.75, 3.05) is 28.4 Å². The summed E-state index contributed by atoms with van der Waals surface area (Å²) >= 11 is 0. The molecule has 8 heavy (non-hydrogen) atoms. The lowest BCUT2D eigenvalue weighted by Crippen LogP contribution is -1.55. The van der Waals surface area contributed by atoms with E-state index in [1.807, 2.05) is 0 Å². The van der Waals surface area contributed by atoms with E-state index in [4.69, 9.17) is 0 Å². The Hall–Kier alpha value is -0.340. The monoisotopic (exact) mass is 120 g/mol. The highest BCUT2D eigenvalue weighted by Gasteiger charge is 1.26. The van der Waals surface area contributed by atoms with Crippen molar-refractivity contribution >= 4 is 0 Å². The first kappa shape index (κ1) is 15.6. The highest BCUT2D eigenvalue weighted by atomic mass is 16.5. The van der Waals surface area contributed by atoms with Crippen molar-refractivity contribution < 1.29 is 9.47 Å². The quantitative estimate of drug-likeness (QED) is 0.449. The molecule has 0 saturated heterocycles. The molecule has 0 atom stereocenters. The summed E-state index contributed by atoms with van der Waals surface area (Å²) in [6.07, 6.45) is 0. The van der Waals surface area contributed by atoms with Crippen LogP contribution in [0.25, 0.3) is 0 Å². The molecule has 0 aromatic carbocycles. The van der Waals surface area contributed by atoms with Gasteiger partial charge in [0.15, 0.2) is 0 Å². The van der Waals surface area contributed by atoms with Crippen molar-refractivity contribution in [3.05, 3.63) is 13.2 Å². The zero-order valence-electron chi connectivity index (χ0n) is 6.23. The van der Waals surface area contributed by atoms with Crippen molar-refractivity contribution in [1.29, 1.82) is 0 Å². The molecule has 0 fully saturated rings. The largest absolute Gasteiger partial charge is 0.388 e. The van der Waals surface area contributed by atoms with E-state index in [1.165, 1.54) is 0 Å². The van der Waals surface area contributed by atoms with E-state index in [9.17, 15) is 0 Å². The predicted octanol–water partition coefficient (Wildman–Crippen LogP) is 1.33. The van der Waals surface area contributed by atoms with Crippen molar-refractivity contribution in [2.45, 2.75) is 0 Å². The third kappa shape index (κ3) is 1060. The van der Waals surface area contributed by atoms with E-state index in [1.54, 1.807) is 28.4 Å². The molecule has 0 unspecified atom stereocenters. The van der Waals surface area contributed by atoms with E-state index in [2.05, 4.69) is 22.6 Å². The molecule has 0 saturated carbocycles. The first-order valence-corrected chi connectivity index (χ1v) is 2.13. The summed E-state index contributed by atoms with van der Waals surface area (Å²) < 4.78 is 8.50. The molecule has 0 rings (SSSR count). The first-order chi connectivity index (χ1) is 3.83. The summed E-state index contributed by atoms with van der Waals surface area (Å²) in [5.74, 6) is 0. The minimum absolute atomic E-state index is 1.62. The lowest BCUT2D eigenvalue weighted by Gasteiger charge is -1.61. The second kappa shape index (κ2) is 77.4. The molecule has 2 nitrogen and oxygen atoms in total. The third-order valence-electron chi connectivity index (χ3n) is 0. The van der Waals surface area contributed by atoms with Gasteiger partial charge < -0.3 is 9.47 Å². The van der Waals surface area contributed by atoms with Crippen LogP contribution in [0.5, 0.6) is 0 Å². The predicted molar refractivity (Wildman–Crippen MR) is 37.1 cm³/mol. The summed E-state index contributed by atoms with van der Waals surface area (Å²) in [6, 6.07) is 0. The van der Waals surface area contributed by atoms with Gasteiger partial charge in [-0.05, 0) is 0 Å². The van der Waals surface area contributed by atoms with Crippen LogP contribution in [0.2, 0.25) is 0 Å². The van der Waals surface area contributed by atoms with Crippen LogP contribution in [0.15, 0.2) is 13.2 Å². The van der Waals surface area contributed by atoms with Gasteiger partial charge in [0.1, 0.15) is 0 Å². The van der Waals surface area contributed by atoms with Crippen LogP contribution in [0, 0.1) is 0 Å². The molecule has 0 aliphatic carbocycles. The molecule has 2 heteroatoms. The molecule has 0 amide bonds. The zero-order valence-corrected chi connectivity index (χ0v) is 6.23. The molecule has 0 heterocycles. The van der Waals surface area contributed by atoms with Gasteiger partial charge in [0.2, 0.25) is 0 Å². The van der Waals surface area contributed by atoms with Gasteiger partial charge in [0.25, 0.3) is 0 Å². The minimum atomic E-state index is 1.62. The van der Waals surface area contributed by atoms with Gasteiger partial charge in [-0.1, -0.05) is 0 Å². The number of rotatable bonds is 0. The average Bonchev–Trinajstić information content (AvgIpc) is 1.75. The fourth-order valence-electron chi connectivity index (χ4n) is 0.